The molecule has 0 aliphatic carbocycles. The molecule has 1 fully saturated rings. The Labute approximate surface area is 110 Å². The highest BCUT2D eigenvalue weighted by Crippen LogP contribution is 2.30. The van der Waals surface area contributed by atoms with Gasteiger partial charge in [-0.3, -0.25) is 4.90 Å². The number of nitrogens with one attached hydrogen (secondary N) is 1. The first-order valence-corrected chi connectivity index (χ1v) is 6.57. The smallest absolute Gasteiger partial charge is 0.0772 e. The van der Waals surface area contributed by atoms with E-state index in [2.05, 4.69) is 67.2 Å². The third kappa shape index (κ3) is 2.58. The van der Waals surface area contributed by atoms with Gasteiger partial charge < -0.3 is 5.32 Å². The predicted octanol–water partition coefficient (Wildman–Crippen LogP) is 2.43. The van der Waals surface area contributed by atoms with Crippen LogP contribution in [0.3, 0.4) is 0 Å². The fourth-order valence-corrected chi connectivity index (χ4v) is 2.58. The van der Waals surface area contributed by atoms with Gasteiger partial charge in [0, 0.05) is 25.2 Å². The van der Waals surface area contributed by atoms with Gasteiger partial charge in [-0.15, -0.1) is 6.42 Å². The molecule has 2 rings (SSSR count). The zero-order valence-electron chi connectivity index (χ0n) is 11.5. The van der Waals surface area contributed by atoms with Gasteiger partial charge in [-0.05, 0) is 26.3 Å². The molecule has 1 aromatic rings. The van der Waals surface area contributed by atoms with Crippen molar-refractivity contribution >= 4 is 0 Å². The van der Waals surface area contributed by atoms with Crippen LogP contribution in [0.25, 0.3) is 0 Å². The monoisotopic (exact) mass is 242 g/mol. The topological polar surface area (TPSA) is 15.3 Å². The van der Waals surface area contributed by atoms with Gasteiger partial charge in [0.15, 0.2) is 0 Å². The molecule has 0 aromatic heterocycles. The molecule has 2 nitrogen and oxygen atoms in total. The molecule has 1 aromatic carbocycles. The summed E-state index contributed by atoms with van der Waals surface area (Å²) >= 11 is 0. The van der Waals surface area contributed by atoms with E-state index in [9.17, 15) is 0 Å². The fourth-order valence-electron chi connectivity index (χ4n) is 2.58. The Kier molecular flexibility index (Phi) is 3.75. The summed E-state index contributed by atoms with van der Waals surface area (Å²) < 4.78 is 0. The van der Waals surface area contributed by atoms with Crippen LogP contribution in [-0.2, 0) is 0 Å². The summed E-state index contributed by atoms with van der Waals surface area (Å²) in [6.45, 7) is 8.40. The maximum atomic E-state index is 5.71. The summed E-state index contributed by atoms with van der Waals surface area (Å²) in [5.41, 5.74) is 1.12. The quantitative estimate of drug-likeness (QED) is 0.801. The van der Waals surface area contributed by atoms with Gasteiger partial charge in [0.2, 0.25) is 0 Å². The molecule has 2 unspecified atom stereocenters. The van der Waals surface area contributed by atoms with Crippen molar-refractivity contribution in [3.8, 4) is 12.3 Å². The van der Waals surface area contributed by atoms with E-state index in [-0.39, 0.29) is 5.54 Å². The van der Waals surface area contributed by atoms with E-state index in [1.54, 1.807) is 0 Å². The first-order chi connectivity index (χ1) is 8.54. The van der Waals surface area contributed by atoms with Crippen molar-refractivity contribution in [1.29, 1.82) is 0 Å². The maximum absolute atomic E-state index is 5.71. The number of hydrogen-bond acceptors (Lipinski definition) is 2. The van der Waals surface area contributed by atoms with Crippen molar-refractivity contribution in [3.63, 3.8) is 0 Å². The second kappa shape index (κ2) is 5.14. The third-order valence-corrected chi connectivity index (χ3v) is 3.76. The summed E-state index contributed by atoms with van der Waals surface area (Å²) in [4.78, 5) is 2.43. The summed E-state index contributed by atoms with van der Waals surface area (Å²) in [5, 5.41) is 3.55. The standard InChI is InChI=1S/C16H22N2/c1-5-16(3,4)18-12-13(2)17-11-15(18)14-9-7-6-8-10-14/h1,6-10,13,15,17H,11-12H2,2-4H3. The van der Waals surface area contributed by atoms with Crippen LogP contribution in [-0.4, -0.2) is 29.6 Å². The van der Waals surface area contributed by atoms with Gasteiger partial charge in [0.05, 0.1) is 5.54 Å². The lowest BCUT2D eigenvalue weighted by Gasteiger charge is -2.46. The third-order valence-electron chi connectivity index (χ3n) is 3.76. The number of hydrogen-bond donors (Lipinski definition) is 1. The molecule has 0 spiro atoms. The van der Waals surface area contributed by atoms with Crippen LogP contribution in [0.1, 0.15) is 32.4 Å². The number of piperazine rings is 1. The number of terminal acetylenes is 1. The molecular weight excluding hydrogens is 220 g/mol. The highest BCUT2D eigenvalue weighted by molar-refractivity contribution is 5.23. The minimum atomic E-state index is -0.211. The normalized spacial score (nSPS) is 25.7. The highest BCUT2D eigenvalue weighted by atomic mass is 15.3. The molecule has 2 heteroatoms. The van der Waals surface area contributed by atoms with Crippen molar-refractivity contribution < 1.29 is 0 Å². The Morgan fingerprint density at radius 2 is 2.00 bits per heavy atom. The van der Waals surface area contributed by atoms with E-state index in [4.69, 9.17) is 6.42 Å². The molecule has 0 radical (unpaired) electrons. The lowest BCUT2D eigenvalue weighted by molar-refractivity contribution is 0.0661. The molecule has 0 amide bonds. The number of nitrogens with zero attached hydrogens (tertiary/aromatic N) is 1. The van der Waals surface area contributed by atoms with Crippen molar-refractivity contribution in [1.82, 2.24) is 10.2 Å². The van der Waals surface area contributed by atoms with Crippen molar-refractivity contribution in [2.24, 2.45) is 0 Å². The van der Waals surface area contributed by atoms with Gasteiger partial charge in [-0.2, -0.15) is 0 Å². The molecule has 1 N–H and O–H groups in total. The van der Waals surface area contributed by atoms with Crippen LogP contribution in [0.5, 0.6) is 0 Å². The molecular formula is C16H22N2. The minimum absolute atomic E-state index is 0.211. The molecule has 96 valence electrons. The van der Waals surface area contributed by atoms with Gasteiger partial charge in [0.1, 0.15) is 0 Å². The van der Waals surface area contributed by atoms with Crippen LogP contribution in [0.15, 0.2) is 30.3 Å². The molecule has 0 saturated carbocycles. The fraction of sp³-hybridized carbons (Fsp3) is 0.500. The Bertz CT molecular complexity index is 430. The van der Waals surface area contributed by atoms with Crippen molar-refractivity contribution in [3.05, 3.63) is 35.9 Å². The van der Waals surface area contributed by atoms with Crippen molar-refractivity contribution in [2.75, 3.05) is 13.1 Å². The summed E-state index contributed by atoms with van der Waals surface area (Å²) in [5.74, 6) is 2.93. The average Bonchev–Trinajstić information content (AvgIpc) is 2.39. The van der Waals surface area contributed by atoms with Crippen LogP contribution in [0.2, 0.25) is 0 Å². The average molecular weight is 242 g/mol. The largest absolute Gasteiger partial charge is 0.311 e. The molecule has 2 atom stereocenters. The van der Waals surface area contributed by atoms with Gasteiger partial charge >= 0.3 is 0 Å². The van der Waals surface area contributed by atoms with Gasteiger partial charge in [-0.1, -0.05) is 36.3 Å². The lowest BCUT2D eigenvalue weighted by Crippen LogP contribution is -2.57. The van der Waals surface area contributed by atoms with E-state index in [0.717, 1.165) is 13.1 Å². The van der Waals surface area contributed by atoms with Gasteiger partial charge in [0.25, 0.3) is 0 Å². The van der Waals surface area contributed by atoms with E-state index in [0.29, 0.717) is 12.1 Å². The number of benzene rings is 1. The first kappa shape index (κ1) is 13.1. The van der Waals surface area contributed by atoms with Crippen LogP contribution in [0.4, 0.5) is 0 Å². The molecule has 1 aliphatic heterocycles. The molecule has 0 bridgehead atoms. The zero-order chi connectivity index (χ0) is 13.2. The van der Waals surface area contributed by atoms with E-state index < -0.39 is 0 Å². The Morgan fingerprint density at radius 3 is 2.61 bits per heavy atom. The van der Waals surface area contributed by atoms with Crippen LogP contribution in [0, 0.1) is 12.3 Å². The SMILES string of the molecule is C#CC(C)(C)N1CC(C)NCC1c1ccccc1. The second-order valence-electron chi connectivity index (χ2n) is 5.59. The Hall–Kier alpha value is -1.30. The molecule has 1 saturated heterocycles. The first-order valence-electron chi connectivity index (χ1n) is 6.57. The van der Waals surface area contributed by atoms with Crippen LogP contribution < -0.4 is 5.32 Å². The molecule has 1 heterocycles. The molecule has 18 heavy (non-hydrogen) atoms. The Balaban J connectivity index is 2.30. The predicted molar refractivity (Wildman–Crippen MR) is 76.3 cm³/mol. The Morgan fingerprint density at radius 1 is 1.33 bits per heavy atom. The summed E-state index contributed by atoms with van der Waals surface area (Å²) in [6.07, 6.45) is 5.71. The highest BCUT2D eigenvalue weighted by Gasteiger charge is 2.35. The van der Waals surface area contributed by atoms with Crippen LogP contribution >= 0.6 is 0 Å². The minimum Gasteiger partial charge on any atom is -0.311 e. The lowest BCUT2D eigenvalue weighted by atomic mass is 9.93. The number of rotatable bonds is 2. The summed E-state index contributed by atoms with van der Waals surface area (Å²) in [7, 11) is 0. The van der Waals surface area contributed by atoms with Gasteiger partial charge in [-0.25, -0.2) is 0 Å². The van der Waals surface area contributed by atoms with E-state index >= 15 is 0 Å². The molecule has 1 aliphatic rings. The van der Waals surface area contributed by atoms with Crippen molar-refractivity contribution in [2.45, 2.75) is 38.4 Å². The van der Waals surface area contributed by atoms with E-state index in [1.807, 2.05) is 0 Å². The second-order valence-corrected chi connectivity index (χ2v) is 5.59. The van der Waals surface area contributed by atoms with E-state index in [1.165, 1.54) is 5.56 Å². The summed E-state index contributed by atoms with van der Waals surface area (Å²) in [6, 6.07) is 11.4. The maximum Gasteiger partial charge on any atom is 0.0772 e. The zero-order valence-corrected chi connectivity index (χ0v) is 11.5.